The zero-order valence-corrected chi connectivity index (χ0v) is 17.1. The third kappa shape index (κ3) is 5.32. The zero-order valence-electron chi connectivity index (χ0n) is 15.5. The Labute approximate surface area is 176 Å². The van der Waals surface area contributed by atoms with Crippen molar-refractivity contribution in [2.75, 3.05) is 5.32 Å². The predicted molar refractivity (Wildman–Crippen MR) is 117 cm³/mol. The van der Waals surface area contributed by atoms with E-state index in [1.54, 1.807) is 35.4 Å². The van der Waals surface area contributed by atoms with Gasteiger partial charge in [-0.05, 0) is 24.1 Å². The van der Waals surface area contributed by atoms with Gasteiger partial charge in [0.25, 0.3) is 0 Å². The summed E-state index contributed by atoms with van der Waals surface area (Å²) >= 11 is 2.99. The van der Waals surface area contributed by atoms with E-state index in [1.807, 2.05) is 47.8 Å². The van der Waals surface area contributed by atoms with Gasteiger partial charge in [0, 0.05) is 29.9 Å². The molecule has 3 heterocycles. The highest BCUT2D eigenvalue weighted by molar-refractivity contribution is 7.19. The average molecular weight is 422 g/mol. The number of amides is 1. The van der Waals surface area contributed by atoms with E-state index in [-0.39, 0.29) is 11.9 Å². The van der Waals surface area contributed by atoms with Gasteiger partial charge < -0.3 is 5.32 Å². The summed E-state index contributed by atoms with van der Waals surface area (Å²) in [5, 5.41) is 9.88. The molecule has 0 radical (unpaired) electrons. The van der Waals surface area contributed by atoms with Crippen molar-refractivity contribution in [2.24, 2.45) is 0 Å². The first-order valence-corrected chi connectivity index (χ1v) is 10.9. The Morgan fingerprint density at radius 2 is 1.90 bits per heavy atom. The van der Waals surface area contributed by atoms with E-state index in [0.29, 0.717) is 13.0 Å². The lowest BCUT2D eigenvalue weighted by Crippen LogP contribution is -2.41. The number of pyridine rings is 1. The number of hydrogen-bond donors (Lipinski definition) is 2. The summed E-state index contributed by atoms with van der Waals surface area (Å²) in [5.74, 6) is -0.0889. The monoisotopic (exact) mass is 421 g/mol. The summed E-state index contributed by atoms with van der Waals surface area (Å²) in [6.45, 7) is 0.541. The number of nitrogens with one attached hydrogen (secondary N) is 2. The Balaban J connectivity index is 1.46. The van der Waals surface area contributed by atoms with Crippen LogP contribution >= 0.6 is 22.7 Å². The number of rotatable bonds is 8. The van der Waals surface area contributed by atoms with Crippen molar-refractivity contribution in [3.05, 3.63) is 83.2 Å². The van der Waals surface area contributed by atoms with Gasteiger partial charge in [0.1, 0.15) is 10.0 Å². The standard InChI is InChI=1S/C21H19N5OS2/c27-20(26-19-12-24-21(29-19)16-6-8-22-9-7-16)18(10-15-4-2-1-3-5-15)23-11-17-13-28-14-25-17/h1-9,12-14,18,23H,10-11H2,(H,26,27). The van der Waals surface area contributed by atoms with E-state index in [1.165, 1.54) is 11.3 Å². The van der Waals surface area contributed by atoms with Crippen molar-refractivity contribution in [3.63, 3.8) is 0 Å². The van der Waals surface area contributed by atoms with Crippen LogP contribution in [0.15, 0.2) is 71.9 Å². The van der Waals surface area contributed by atoms with E-state index in [0.717, 1.165) is 26.8 Å². The highest BCUT2D eigenvalue weighted by Crippen LogP contribution is 2.28. The lowest BCUT2D eigenvalue weighted by molar-refractivity contribution is -0.118. The molecule has 0 aliphatic rings. The third-order valence-corrected chi connectivity index (χ3v) is 5.89. The van der Waals surface area contributed by atoms with Crippen LogP contribution in [0.3, 0.4) is 0 Å². The molecule has 0 spiro atoms. The Hall–Kier alpha value is -2.94. The van der Waals surface area contributed by atoms with Crippen LogP contribution in [0.2, 0.25) is 0 Å². The number of thiazole rings is 2. The van der Waals surface area contributed by atoms with E-state index in [2.05, 4.69) is 25.6 Å². The molecule has 0 aliphatic carbocycles. The summed E-state index contributed by atoms with van der Waals surface area (Å²) in [6, 6.07) is 13.4. The van der Waals surface area contributed by atoms with Crippen LogP contribution in [0.1, 0.15) is 11.3 Å². The molecule has 0 bridgehead atoms. The number of nitrogens with zero attached hydrogens (tertiary/aromatic N) is 3. The smallest absolute Gasteiger partial charge is 0.242 e. The second-order valence-corrected chi connectivity index (χ2v) is 8.11. The van der Waals surface area contributed by atoms with Crippen LogP contribution in [-0.2, 0) is 17.8 Å². The topological polar surface area (TPSA) is 79.8 Å². The fourth-order valence-corrected chi connectivity index (χ4v) is 4.21. The molecule has 0 fully saturated rings. The SMILES string of the molecule is O=C(Nc1cnc(-c2ccncc2)s1)C(Cc1ccccc1)NCc1cscn1. The van der Waals surface area contributed by atoms with Gasteiger partial charge in [-0.1, -0.05) is 41.7 Å². The summed E-state index contributed by atoms with van der Waals surface area (Å²) in [4.78, 5) is 25.7. The Bertz CT molecular complexity index is 1040. The number of anilines is 1. The maximum absolute atomic E-state index is 13.0. The second-order valence-electron chi connectivity index (χ2n) is 6.36. The first-order valence-electron chi connectivity index (χ1n) is 9.09. The summed E-state index contributed by atoms with van der Waals surface area (Å²) in [6.07, 6.45) is 5.74. The van der Waals surface area contributed by atoms with Crippen molar-refractivity contribution < 1.29 is 4.79 Å². The van der Waals surface area contributed by atoms with Gasteiger partial charge in [-0.2, -0.15) is 0 Å². The molecule has 0 saturated carbocycles. The molecule has 3 aromatic heterocycles. The van der Waals surface area contributed by atoms with Crippen LogP contribution in [0.5, 0.6) is 0 Å². The number of carbonyl (C=O) groups is 1. The molecule has 1 amide bonds. The van der Waals surface area contributed by atoms with Gasteiger partial charge in [-0.15, -0.1) is 11.3 Å². The molecule has 2 N–H and O–H groups in total. The van der Waals surface area contributed by atoms with Crippen molar-refractivity contribution in [2.45, 2.75) is 19.0 Å². The molecule has 6 nitrogen and oxygen atoms in total. The summed E-state index contributed by atoms with van der Waals surface area (Å²) in [5.41, 5.74) is 4.80. The number of carbonyl (C=O) groups excluding carboxylic acids is 1. The van der Waals surface area contributed by atoms with Crippen molar-refractivity contribution in [3.8, 4) is 10.6 Å². The van der Waals surface area contributed by atoms with Gasteiger partial charge in [0.15, 0.2) is 0 Å². The second kappa shape index (κ2) is 9.51. The van der Waals surface area contributed by atoms with Crippen LogP contribution in [0.25, 0.3) is 10.6 Å². The largest absolute Gasteiger partial charge is 0.315 e. The quantitative estimate of drug-likeness (QED) is 0.449. The first kappa shape index (κ1) is 19.4. The fraction of sp³-hybridized carbons (Fsp3) is 0.143. The number of hydrogen-bond acceptors (Lipinski definition) is 7. The number of benzene rings is 1. The van der Waals surface area contributed by atoms with Gasteiger partial charge >= 0.3 is 0 Å². The van der Waals surface area contributed by atoms with Crippen LogP contribution in [-0.4, -0.2) is 26.9 Å². The normalized spacial score (nSPS) is 11.9. The zero-order chi connectivity index (χ0) is 19.9. The molecule has 4 rings (SSSR count). The van der Waals surface area contributed by atoms with Crippen LogP contribution in [0.4, 0.5) is 5.00 Å². The number of aromatic nitrogens is 3. The average Bonchev–Trinajstić information content (AvgIpc) is 3.45. The highest BCUT2D eigenvalue weighted by atomic mass is 32.1. The minimum absolute atomic E-state index is 0.0889. The summed E-state index contributed by atoms with van der Waals surface area (Å²) in [7, 11) is 0. The van der Waals surface area contributed by atoms with E-state index in [4.69, 9.17) is 0 Å². The van der Waals surface area contributed by atoms with Crippen LogP contribution in [0, 0.1) is 0 Å². The fourth-order valence-electron chi connectivity index (χ4n) is 2.83. The molecule has 0 saturated heterocycles. The van der Waals surface area contributed by atoms with E-state index in [9.17, 15) is 4.79 Å². The molecule has 1 aromatic carbocycles. The Morgan fingerprint density at radius 1 is 1.07 bits per heavy atom. The molecular formula is C21H19N5OS2. The molecule has 8 heteroatoms. The van der Waals surface area contributed by atoms with Gasteiger partial charge in [0.2, 0.25) is 5.91 Å². The van der Waals surface area contributed by atoms with E-state index >= 15 is 0 Å². The molecule has 29 heavy (non-hydrogen) atoms. The molecule has 4 aromatic rings. The first-order chi connectivity index (χ1) is 14.3. The minimum atomic E-state index is -0.384. The Kier molecular flexibility index (Phi) is 6.35. The lowest BCUT2D eigenvalue weighted by atomic mass is 10.1. The maximum Gasteiger partial charge on any atom is 0.242 e. The van der Waals surface area contributed by atoms with Crippen molar-refractivity contribution in [1.29, 1.82) is 0 Å². The summed E-state index contributed by atoms with van der Waals surface area (Å²) < 4.78 is 0. The van der Waals surface area contributed by atoms with Crippen molar-refractivity contribution in [1.82, 2.24) is 20.3 Å². The highest BCUT2D eigenvalue weighted by Gasteiger charge is 2.20. The molecule has 1 unspecified atom stereocenters. The third-order valence-electron chi connectivity index (χ3n) is 4.29. The lowest BCUT2D eigenvalue weighted by Gasteiger charge is -2.17. The van der Waals surface area contributed by atoms with Crippen molar-refractivity contribution >= 4 is 33.6 Å². The van der Waals surface area contributed by atoms with Gasteiger partial charge in [-0.25, -0.2) is 9.97 Å². The van der Waals surface area contributed by atoms with Gasteiger partial charge in [-0.3, -0.25) is 15.1 Å². The minimum Gasteiger partial charge on any atom is -0.315 e. The van der Waals surface area contributed by atoms with Gasteiger partial charge in [0.05, 0.1) is 23.4 Å². The van der Waals surface area contributed by atoms with Crippen LogP contribution < -0.4 is 10.6 Å². The molecule has 146 valence electrons. The Morgan fingerprint density at radius 3 is 2.66 bits per heavy atom. The molecule has 0 aliphatic heterocycles. The maximum atomic E-state index is 13.0. The molecule has 1 atom stereocenters. The van der Waals surface area contributed by atoms with E-state index < -0.39 is 0 Å². The molecular weight excluding hydrogens is 402 g/mol. The predicted octanol–water partition coefficient (Wildman–Crippen LogP) is 4.00.